The Bertz CT molecular complexity index is 605. The predicted molar refractivity (Wildman–Crippen MR) is 90.4 cm³/mol. The van der Waals surface area contributed by atoms with Gasteiger partial charge in [0.1, 0.15) is 6.61 Å². The van der Waals surface area contributed by atoms with E-state index in [-0.39, 0.29) is 18.2 Å². The number of urea groups is 1. The summed E-state index contributed by atoms with van der Waals surface area (Å²) in [5.74, 6) is 0. The molecule has 1 aromatic carbocycles. The molecule has 3 rings (SSSR count). The summed E-state index contributed by atoms with van der Waals surface area (Å²) < 4.78 is 10.6. The van der Waals surface area contributed by atoms with Crippen molar-refractivity contribution >= 4 is 23.5 Å². The molecule has 1 aromatic rings. The number of hydrogen-bond acceptors (Lipinski definition) is 4. The van der Waals surface area contributed by atoms with Crippen LogP contribution in [0.15, 0.2) is 24.3 Å². The van der Waals surface area contributed by atoms with Crippen LogP contribution in [0.25, 0.3) is 0 Å². The van der Waals surface area contributed by atoms with E-state index >= 15 is 0 Å². The van der Waals surface area contributed by atoms with Gasteiger partial charge in [-0.1, -0.05) is 12.1 Å². The first-order valence-electron chi connectivity index (χ1n) is 8.40. The lowest BCUT2D eigenvalue weighted by atomic mass is 10.1. The van der Waals surface area contributed by atoms with Crippen molar-refractivity contribution in [1.82, 2.24) is 4.90 Å². The van der Waals surface area contributed by atoms with E-state index in [1.807, 2.05) is 19.1 Å². The Labute approximate surface area is 141 Å². The van der Waals surface area contributed by atoms with Gasteiger partial charge in [-0.05, 0) is 31.9 Å². The molecule has 2 fully saturated rings. The van der Waals surface area contributed by atoms with Gasteiger partial charge in [0, 0.05) is 19.7 Å². The third kappa shape index (κ3) is 3.62. The maximum absolute atomic E-state index is 12.6. The maximum Gasteiger partial charge on any atom is 0.414 e. The first kappa shape index (κ1) is 16.6. The highest BCUT2D eigenvalue weighted by atomic mass is 16.6. The third-order valence-corrected chi connectivity index (χ3v) is 4.26. The molecular weight excluding hydrogens is 310 g/mol. The van der Waals surface area contributed by atoms with Crippen LogP contribution in [0.1, 0.15) is 19.8 Å². The standard InChI is InChI=1S/C17H23N3O4/c1-2-23-13-6-5-9-19(12-13)16(21)18-14-7-3-4-8-15(14)20-10-11-24-17(20)22/h3-4,7-8,13H,2,5-6,9-12H2,1H3,(H,18,21). The third-order valence-electron chi connectivity index (χ3n) is 4.26. The van der Waals surface area contributed by atoms with Gasteiger partial charge in [0.25, 0.3) is 0 Å². The van der Waals surface area contributed by atoms with E-state index in [1.54, 1.807) is 17.0 Å². The fourth-order valence-electron chi connectivity index (χ4n) is 3.12. The van der Waals surface area contributed by atoms with Gasteiger partial charge in [-0.25, -0.2) is 9.59 Å². The Balaban J connectivity index is 1.69. The van der Waals surface area contributed by atoms with Crippen molar-refractivity contribution in [2.45, 2.75) is 25.9 Å². The summed E-state index contributed by atoms with van der Waals surface area (Å²) in [5, 5.41) is 2.92. The zero-order valence-electron chi connectivity index (χ0n) is 13.9. The number of nitrogens with one attached hydrogen (secondary N) is 1. The summed E-state index contributed by atoms with van der Waals surface area (Å²) >= 11 is 0. The van der Waals surface area contributed by atoms with Gasteiger partial charge in [-0.15, -0.1) is 0 Å². The number of likely N-dealkylation sites (tertiary alicyclic amines) is 1. The van der Waals surface area contributed by atoms with E-state index in [2.05, 4.69) is 5.32 Å². The van der Waals surface area contributed by atoms with Crippen molar-refractivity contribution in [2.24, 2.45) is 0 Å². The first-order chi connectivity index (χ1) is 11.7. The van der Waals surface area contributed by atoms with Gasteiger partial charge >= 0.3 is 12.1 Å². The summed E-state index contributed by atoms with van der Waals surface area (Å²) in [7, 11) is 0. The zero-order chi connectivity index (χ0) is 16.9. The number of carbonyl (C=O) groups is 2. The second-order valence-corrected chi connectivity index (χ2v) is 5.88. The topological polar surface area (TPSA) is 71.1 Å². The number of benzene rings is 1. The Kier molecular flexibility index (Phi) is 5.20. The molecule has 0 aromatic heterocycles. The molecule has 3 amide bonds. The van der Waals surface area contributed by atoms with Crippen molar-refractivity contribution in [1.29, 1.82) is 0 Å². The number of piperidine rings is 1. The van der Waals surface area contributed by atoms with Crippen LogP contribution in [0.3, 0.4) is 0 Å². The molecule has 0 spiro atoms. The van der Waals surface area contributed by atoms with Crippen LogP contribution in [-0.4, -0.2) is 56.0 Å². The van der Waals surface area contributed by atoms with Crippen molar-refractivity contribution in [2.75, 3.05) is 43.1 Å². The van der Waals surface area contributed by atoms with Crippen LogP contribution >= 0.6 is 0 Å². The number of anilines is 2. The Morgan fingerprint density at radius 2 is 2.21 bits per heavy atom. The second kappa shape index (κ2) is 7.53. The molecule has 1 atom stereocenters. The lowest BCUT2D eigenvalue weighted by molar-refractivity contribution is 0.0181. The van der Waals surface area contributed by atoms with Crippen LogP contribution in [0.4, 0.5) is 21.0 Å². The van der Waals surface area contributed by atoms with E-state index in [9.17, 15) is 9.59 Å². The Morgan fingerprint density at radius 1 is 1.38 bits per heavy atom. The van der Waals surface area contributed by atoms with Crippen molar-refractivity contribution in [3.8, 4) is 0 Å². The highest BCUT2D eigenvalue weighted by Gasteiger charge is 2.28. The summed E-state index contributed by atoms with van der Waals surface area (Å²) in [6.45, 7) is 4.77. The van der Waals surface area contributed by atoms with Gasteiger partial charge in [0.2, 0.25) is 0 Å². The molecule has 0 aliphatic carbocycles. The monoisotopic (exact) mass is 333 g/mol. The first-order valence-corrected chi connectivity index (χ1v) is 8.40. The molecule has 2 aliphatic rings. The lowest BCUT2D eigenvalue weighted by Crippen LogP contribution is -2.45. The number of rotatable bonds is 4. The zero-order valence-corrected chi connectivity index (χ0v) is 13.9. The van der Waals surface area contributed by atoms with Gasteiger partial charge in [-0.2, -0.15) is 0 Å². The minimum absolute atomic E-state index is 0.0957. The van der Waals surface area contributed by atoms with Crippen LogP contribution < -0.4 is 10.2 Å². The Morgan fingerprint density at radius 3 is 2.96 bits per heavy atom. The number of cyclic esters (lactones) is 1. The number of ether oxygens (including phenoxy) is 2. The molecular formula is C17H23N3O4. The van der Waals surface area contributed by atoms with E-state index in [4.69, 9.17) is 9.47 Å². The fourth-order valence-corrected chi connectivity index (χ4v) is 3.12. The molecule has 2 saturated heterocycles. The normalized spacial score (nSPS) is 20.9. The van der Waals surface area contributed by atoms with Crippen LogP contribution in [0.2, 0.25) is 0 Å². The van der Waals surface area contributed by atoms with E-state index in [0.717, 1.165) is 12.8 Å². The average Bonchev–Trinajstić information content (AvgIpc) is 3.02. The largest absolute Gasteiger partial charge is 0.447 e. The molecule has 0 bridgehead atoms. The second-order valence-electron chi connectivity index (χ2n) is 5.88. The Hall–Kier alpha value is -2.28. The van der Waals surface area contributed by atoms with Gasteiger partial charge in [-0.3, -0.25) is 4.90 Å². The van der Waals surface area contributed by atoms with Crippen molar-refractivity contribution in [3.05, 3.63) is 24.3 Å². The summed E-state index contributed by atoms with van der Waals surface area (Å²) in [4.78, 5) is 27.7. The minimum Gasteiger partial charge on any atom is -0.447 e. The molecule has 0 radical (unpaired) electrons. The molecule has 24 heavy (non-hydrogen) atoms. The quantitative estimate of drug-likeness (QED) is 0.919. The smallest absolute Gasteiger partial charge is 0.414 e. The summed E-state index contributed by atoms with van der Waals surface area (Å²) in [6, 6.07) is 7.10. The molecule has 2 heterocycles. The molecule has 1 unspecified atom stereocenters. The lowest BCUT2D eigenvalue weighted by Gasteiger charge is -2.32. The summed E-state index contributed by atoms with van der Waals surface area (Å²) in [6.07, 6.45) is 1.62. The SMILES string of the molecule is CCOC1CCCN(C(=O)Nc2ccccc2N2CCOC2=O)C1. The molecule has 7 nitrogen and oxygen atoms in total. The average molecular weight is 333 g/mol. The van der Waals surface area contributed by atoms with Crippen LogP contribution in [0.5, 0.6) is 0 Å². The van der Waals surface area contributed by atoms with Crippen molar-refractivity contribution < 1.29 is 19.1 Å². The molecule has 1 N–H and O–H groups in total. The highest BCUT2D eigenvalue weighted by molar-refractivity contribution is 5.99. The van der Waals surface area contributed by atoms with Crippen molar-refractivity contribution in [3.63, 3.8) is 0 Å². The molecule has 2 aliphatic heterocycles. The molecule has 7 heteroatoms. The van der Waals surface area contributed by atoms with E-state index in [1.165, 1.54) is 4.90 Å². The molecule has 0 saturated carbocycles. The van der Waals surface area contributed by atoms with E-state index < -0.39 is 0 Å². The fraction of sp³-hybridized carbons (Fsp3) is 0.529. The highest BCUT2D eigenvalue weighted by Crippen LogP contribution is 2.28. The van der Waals surface area contributed by atoms with Gasteiger partial charge < -0.3 is 19.7 Å². The van der Waals surface area contributed by atoms with Gasteiger partial charge in [0.05, 0.1) is 24.0 Å². The predicted octanol–water partition coefficient (Wildman–Crippen LogP) is 2.68. The summed E-state index contributed by atoms with van der Waals surface area (Å²) in [5.41, 5.74) is 1.27. The number of amides is 3. The maximum atomic E-state index is 12.6. The number of hydrogen-bond donors (Lipinski definition) is 1. The molecule has 130 valence electrons. The van der Waals surface area contributed by atoms with Gasteiger partial charge in [0.15, 0.2) is 0 Å². The van der Waals surface area contributed by atoms with E-state index in [0.29, 0.717) is 44.2 Å². The number of nitrogens with zero attached hydrogens (tertiary/aromatic N) is 2. The minimum atomic E-state index is -0.383. The number of para-hydroxylation sites is 2. The van der Waals surface area contributed by atoms with Crippen LogP contribution in [-0.2, 0) is 9.47 Å². The number of carbonyl (C=O) groups excluding carboxylic acids is 2. The van der Waals surface area contributed by atoms with Crippen LogP contribution in [0, 0.1) is 0 Å².